The molecule has 17 heavy (non-hydrogen) atoms. The van der Waals surface area contributed by atoms with Gasteiger partial charge in [0.2, 0.25) is 0 Å². The van der Waals surface area contributed by atoms with Crippen LogP contribution < -0.4 is 5.32 Å². The van der Waals surface area contributed by atoms with E-state index in [0.717, 1.165) is 10.9 Å². The van der Waals surface area contributed by atoms with Crippen LogP contribution in [-0.2, 0) is 0 Å². The Hall–Kier alpha value is 0.01000. The van der Waals surface area contributed by atoms with Crippen molar-refractivity contribution < 1.29 is 0 Å². The second-order valence-corrected chi connectivity index (χ2v) is 6.47. The van der Waals surface area contributed by atoms with Gasteiger partial charge in [-0.05, 0) is 36.8 Å². The van der Waals surface area contributed by atoms with Gasteiger partial charge in [0, 0.05) is 22.3 Å². The Labute approximate surface area is 118 Å². The molecule has 0 radical (unpaired) electrons. The highest BCUT2D eigenvalue weighted by atomic mass is 79.9. The molecule has 2 unspecified atom stereocenters. The Morgan fingerprint density at radius 3 is 2.41 bits per heavy atom. The van der Waals surface area contributed by atoms with Crippen molar-refractivity contribution in [3.8, 4) is 0 Å². The Balaban J connectivity index is 2.56. The van der Waals surface area contributed by atoms with Gasteiger partial charge in [0.15, 0.2) is 0 Å². The van der Waals surface area contributed by atoms with Crippen LogP contribution in [0.1, 0.15) is 38.8 Å². The Bertz CT molecular complexity index is 313. The van der Waals surface area contributed by atoms with Gasteiger partial charge < -0.3 is 5.32 Å². The van der Waals surface area contributed by atoms with Gasteiger partial charge in [0.05, 0.1) is 0 Å². The predicted molar refractivity (Wildman–Crippen MR) is 82.8 cm³/mol. The van der Waals surface area contributed by atoms with Crippen molar-refractivity contribution in [1.82, 2.24) is 5.32 Å². The highest BCUT2D eigenvalue weighted by Gasteiger charge is 2.11. The van der Waals surface area contributed by atoms with Crippen molar-refractivity contribution >= 4 is 27.7 Å². The Morgan fingerprint density at radius 2 is 1.88 bits per heavy atom. The van der Waals surface area contributed by atoms with Crippen molar-refractivity contribution in [2.75, 3.05) is 11.5 Å². The van der Waals surface area contributed by atoms with Crippen LogP contribution in [0.5, 0.6) is 0 Å². The molecule has 0 aromatic heterocycles. The standard InChI is InChI=1S/C14H22BrNS/c1-4-14(16-11(3)10-17-5-2)12-6-8-13(15)9-7-12/h6-9,11,14,16H,4-5,10H2,1-3H3. The van der Waals surface area contributed by atoms with E-state index in [1.165, 1.54) is 17.1 Å². The molecule has 0 amide bonds. The van der Waals surface area contributed by atoms with E-state index in [4.69, 9.17) is 0 Å². The zero-order valence-electron chi connectivity index (χ0n) is 10.9. The van der Waals surface area contributed by atoms with Crippen LogP contribution in [0.25, 0.3) is 0 Å². The van der Waals surface area contributed by atoms with Crippen LogP contribution in [0, 0.1) is 0 Å². The largest absolute Gasteiger partial charge is 0.307 e. The number of hydrogen-bond acceptors (Lipinski definition) is 2. The lowest BCUT2D eigenvalue weighted by molar-refractivity contribution is 0.470. The minimum atomic E-state index is 0.468. The molecule has 1 rings (SSSR count). The number of thioether (sulfide) groups is 1. The molecule has 1 aromatic rings. The van der Waals surface area contributed by atoms with E-state index >= 15 is 0 Å². The molecule has 0 heterocycles. The molecule has 2 atom stereocenters. The first-order valence-electron chi connectivity index (χ1n) is 6.26. The molecule has 1 nitrogen and oxygen atoms in total. The second-order valence-electron chi connectivity index (χ2n) is 4.24. The lowest BCUT2D eigenvalue weighted by atomic mass is 10.0. The first-order valence-corrected chi connectivity index (χ1v) is 8.21. The average molecular weight is 316 g/mol. The minimum Gasteiger partial charge on any atom is -0.307 e. The molecule has 3 heteroatoms. The molecule has 0 spiro atoms. The summed E-state index contributed by atoms with van der Waals surface area (Å²) in [4.78, 5) is 0. The molecule has 0 aliphatic rings. The second kappa shape index (κ2) is 8.17. The summed E-state index contributed by atoms with van der Waals surface area (Å²) < 4.78 is 1.14. The number of nitrogens with one attached hydrogen (secondary N) is 1. The third-order valence-corrected chi connectivity index (χ3v) is 4.41. The number of rotatable bonds is 7. The van der Waals surface area contributed by atoms with Crippen LogP contribution in [0.15, 0.2) is 28.7 Å². The summed E-state index contributed by atoms with van der Waals surface area (Å²) in [6, 6.07) is 9.66. The quantitative estimate of drug-likeness (QED) is 0.787. The third-order valence-electron chi connectivity index (χ3n) is 2.74. The van der Waals surface area contributed by atoms with Crippen molar-refractivity contribution in [1.29, 1.82) is 0 Å². The molecule has 0 bridgehead atoms. The maximum atomic E-state index is 3.70. The summed E-state index contributed by atoms with van der Waals surface area (Å²) in [5.41, 5.74) is 1.38. The summed E-state index contributed by atoms with van der Waals surface area (Å²) in [5.74, 6) is 2.38. The van der Waals surface area contributed by atoms with E-state index in [0.29, 0.717) is 12.1 Å². The first-order chi connectivity index (χ1) is 8.17. The zero-order chi connectivity index (χ0) is 12.7. The highest BCUT2D eigenvalue weighted by Crippen LogP contribution is 2.20. The van der Waals surface area contributed by atoms with E-state index < -0.39 is 0 Å². The molecule has 96 valence electrons. The molecular formula is C14H22BrNS. The highest BCUT2D eigenvalue weighted by molar-refractivity contribution is 9.10. The van der Waals surface area contributed by atoms with Crippen molar-refractivity contribution in [3.63, 3.8) is 0 Å². The maximum Gasteiger partial charge on any atom is 0.0320 e. The van der Waals surface area contributed by atoms with Crippen molar-refractivity contribution in [3.05, 3.63) is 34.3 Å². The topological polar surface area (TPSA) is 12.0 Å². The van der Waals surface area contributed by atoms with Crippen molar-refractivity contribution in [2.45, 2.75) is 39.3 Å². The molecule has 0 aliphatic carbocycles. The molecule has 0 saturated heterocycles. The normalized spacial score (nSPS) is 14.6. The van der Waals surface area contributed by atoms with E-state index in [1.54, 1.807) is 0 Å². The maximum absolute atomic E-state index is 3.70. The molecule has 1 aromatic carbocycles. The fourth-order valence-corrected chi connectivity index (χ4v) is 2.78. The fourth-order valence-electron chi connectivity index (χ4n) is 1.83. The van der Waals surface area contributed by atoms with Crippen LogP contribution >= 0.6 is 27.7 Å². The van der Waals surface area contributed by atoms with Gasteiger partial charge in [-0.15, -0.1) is 0 Å². The Morgan fingerprint density at radius 1 is 1.24 bits per heavy atom. The van der Waals surface area contributed by atoms with Crippen LogP contribution in [0.4, 0.5) is 0 Å². The van der Waals surface area contributed by atoms with Gasteiger partial charge >= 0.3 is 0 Å². The van der Waals surface area contributed by atoms with E-state index in [9.17, 15) is 0 Å². The SMILES string of the molecule is CCSCC(C)NC(CC)c1ccc(Br)cc1. The summed E-state index contributed by atoms with van der Waals surface area (Å²) in [5, 5.41) is 3.70. The van der Waals surface area contributed by atoms with E-state index in [2.05, 4.69) is 66.3 Å². The summed E-state index contributed by atoms with van der Waals surface area (Å²) in [7, 11) is 0. The van der Waals surface area contributed by atoms with Crippen LogP contribution in [0.2, 0.25) is 0 Å². The monoisotopic (exact) mass is 315 g/mol. The van der Waals surface area contributed by atoms with Gasteiger partial charge in [-0.1, -0.05) is 41.9 Å². The van der Waals surface area contributed by atoms with Crippen LogP contribution in [-0.4, -0.2) is 17.5 Å². The number of halogens is 1. The minimum absolute atomic E-state index is 0.468. The Kier molecular flexibility index (Phi) is 7.24. The molecule has 1 N–H and O–H groups in total. The lowest BCUT2D eigenvalue weighted by Crippen LogP contribution is -2.32. The van der Waals surface area contributed by atoms with Gasteiger partial charge in [0.1, 0.15) is 0 Å². The molecule has 0 saturated carbocycles. The molecule has 0 aliphatic heterocycles. The van der Waals surface area contributed by atoms with Gasteiger partial charge in [-0.3, -0.25) is 0 Å². The fraction of sp³-hybridized carbons (Fsp3) is 0.571. The lowest BCUT2D eigenvalue weighted by Gasteiger charge is -2.22. The molecular weight excluding hydrogens is 294 g/mol. The zero-order valence-corrected chi connectivity index (χ0v) is 13.3. The summed E-state index contributed by atoms with van der Waals surface area (Å²) in [6.45, 7) is 6.72. The predicted octanol–water partition coefficient (Wildman–Crippen LogP) is 4.63. The van der Waals surface area contributed by atoms with Crippen LogP contribution in [0.3, 0.4) is 0 Å². The summed E-state index contributed by atoms with van der Waals surface area (Å²) in [6.07, 6.45) is 1.13. The van der Waals surface area contributed by atoms with E-state index in [-0.39, 0.29) is 0 Å². The van der Waals surface area contributed by atoms with Gasteiger partial charge in [-0.2, -0.15) is 11.8 Å². The van der Waals surface area contributed by atoms with Gasteiger partial charge in [0.25, 0.3) is 0 Å². The number of hydrogen-bond donors (Lipinski definition) is 1. The number of benzene rings is 1. The first kappa shape index (κ1) is 15.1. The van der Waals surface area contributed by atoms with Gasteiger partial charge in [-0.25, -0.2) is 0 Å². The van der Waals surface area contributed by atoms with Crippen molar-refractivity contribution in [2.24, 2.45) is 0 Å². The average Bonchev–Trinajstić information content (AvgIpc) is 2.34. The molecule has 0 fully saturated rings. The third kappa shape index (κ3) is 5.45. The van der Waals surface area contributed by atoms with E-state index in [1.807, 2.05) is 11.8 Å². The summed E-state index contributed by atoms with van der Waals surface area (Å²) >= 11 is 5.47. The smallest absolute Gasteiger partial charge is 0.0320 e.